The average molecular weight is 218 g/mol. The summed E-state index contributed by atoms with van der Waals surface area (Å²) in [4.78, 5) is 11.6. The Kier molecular flexibility index (Phi) is 7.34. The lowest BCUT2D eigenvalue weighted by Crippen LogP contribution is -2.37. The Balaban J connectivity index is 4.61. The predicted octanol–water partition coefficient (Wildman–Crippen LogP) is 1.83. The lowest BCUT2D eigenvalue weighted by Gasteiger charge is -2.27. The van der Waals surface area contributed by atoms with Gasteiger partial charge in [-0.05, 0) is 12.3 Å². The van der Waals surface area contributed by atoms with Crippen molar-refractivity contribution in [2.45, 2.75) is 33.0 Å². The number of esters is 1. The van der Waals surface area contributed by atoms with Crippen molar-refractivity contribution in [3.05, 3.63) is 0 Å². The molecular formula is C11H22O4. The van der Waals surface area contributed by atoms with Crippen molar-refractivity contribution >= 4 is 5.97 Å². The minimum absolute atomic E-state index is 0.187. The first-order valence-corrected chi connectivity index (χ1v) is 5.25. The quantitative estimate of drug-likeness (QED) is 0.483. The van der Waals surface area contributed by atoms with Gasteiger partial charge in [-0.3, -0.25) is 4.79 Å². The molecule has 0 heterocycles. The third kappa shape index (κ3) is 4.18. The van der Waals surface area contributed by atoms with Crippen molar-refractivity contribution in [2.24, 2.45) is 11.8 Å². The number of hydrogen-bond acceptors (Lipinski definition) is 4. The molecule has 0 radical (unpaired) electrons. The first-order valence-electron chi connectivity index (χ1n) is 5.25. The topological polar surface area (TPSA) is 44.8 Å². The molecule has 2 atom stereocenters. The predicted molar refractivity (Wildman–Crippen MR) is 57.4 cm³/mol. The summed E-state index contributed by atoms with van der Waals surface area (Å²) in [6, 6.07) is 0. The van der Waals surface area contributed by atoms with E-state index in [1.54, 1.807) is 0 Å². The Bertz CT molecular complexity index is 177. The molecule has 2 unspecified atom stereocenters. The van der Waals surface area contributed by atoms with Crippen LogP contribution in [-0.2, 0) is 19.0 Å². The molecule has 0 aromatic heterocycles. The molecule has 0 saturated carbocycles. The molecule has 0 fully saturated rings. The fraction of sp³-hybridized carbons (Fsp3) is 0.909. The zero-order chi connectivity index (χ0) is 11.8. The molecular weight excluding hydrogens is 196 g/mol. The summed E-state index contributed by atoms with van der Waals surface area (Å²) >= 11 is 0. The normalized spacial score (nSPS) is 15.1. The summed E-state index contributed by atoms with van der Waals surface area (Å²) in [5.41, 5.74) is 0. The summed E-state index contributed by atoms with van der Waals surface area (Å²) in [6.07, 6.45) is 1.44. The highest BCUT2D eigenvalue weighted by atomic mass is 16.7. The fourth-order valence-corrected chi connectivity index (χ4v) is 1.77. The lowest BCUT2D eigenvalue weighted by atomic mass is 9.89. The summed E-state index contributed by atoms with van der Waals surface area (Å²) in [5, 5.41) is 0. The van der Waals surface area contributed by atoms with Crippen LogP contribution < -0.4 is 0 Å². The van der Waals surface area contributed by atoms with E-state index in [-0.39, 0.29) is 17.8 Å². The molecule has 0 amide bonds. The van der Waals surface area contributed by atoms with Crippen LogP contribution in [0.3, 0.4) is 0 Å². The van der Waals surface area contributed by atoms with Gasteiger partial charge in [-0.1, -0.05) is 20.3 Å². The molecule has 4 heteroatoms. The third-order valence-electron chi connectivity index (χ3n) is 2.59. The minimum atomic E-state index is -0.529. The highest BCUT2D eigenvalue weighted by Crippen LogP contribution is 2.24. The van der Waals surface area contributed by atoms with Crippen LogP contribution in [0.1, 0.15) is 26.7 Å². The maximum atomic E-state index is 11.6. The van der Waals surface area contributed by atoms with Crippen LogP contribution in [-0.4, -0.2) is 33.6 Å². The van der Waals surface area contributed by atoms with E-state index in [9.17, 15) is 4.79 Å². The zero-order valence-electron chi connectivity index (χ0n) is 10.3. The van der Waals surface area contributed by atoms with Gasteiger partial charge in [0.15, 0.2) is 6.29 Å². The molecule has 0 rings (SSSR count). The zero-order valence-corrected chi connectivity index (χ0v) is 10.3. The van der Waals surface area contributed by atoms with Gasteiger partial charge >= 0.3 is 5.97 Å². The van der Waals surface area contributed by atoms with Crippen LogP contribution in [0.4, 0.5) is 0 Å². The molecule has 90 valence electrons. The van der Waals surface area contributed by atoms with Crippen molar-refractivity contribution in [3.8, 4) is 0 Å². The number of ether oxygens (including phenoxy) is 3. The van der Waals surface area contributed by atoms with Gasteiger partial charge < -0.3 is 14.2 Å². The first-order chi connectivity index (χ1) is 7.12. The van der Waals surface area contributed by atoms with Gasteiger partial charge in [0.25, 0.3) is 0 Å². The fourth-order valence-electron chi connectivity index (χ4n) is 1.77. The van der Waals surface area contributed by atoms with E-state index in [0.717, 1.165) is 12.8 Å². The van der Waals surface area contributed by atoms with Crippen LogP contribution >= 0.6 is 0 Å². The minimum Gasteiger partial charge on any atom is -0.469 e. The summed E-state index contributed by atoms with van der Waals surface area (Å²) in [6.45, 7) is 4.09. The van der Waals surface area contributed by atoms with Gasteiger partial charge in [0.05, 0.1) is 7.11 Å². The van der Waals surface area contributed by atoms with Gasteiger partial charge in [0.2, 0.25) is 0 Å². The monoisotopic (exact) mass is 218 g/mol. The second-order valence-corrected chi connectivity index (χ2v) is 3.65. The van der Waals surface area contributed by atoms with E-state index in [4.69, 9.17) is 14.2 Å². The van der Waals surface area contributed by atoms with Crippen LogP contribution in [0.5, 0.6) is 0 Å². The van der Waals surface area contributed by atoms with E-state index in [1.165, 1.54) is 21.3 Å². The average Bonchev–Trinajstić information content (AvgIpc) is 2.24. The molecule has 0 spiro atoms. The number of rotatable bonds is 7. The lowest BCUT2D eigenvalue weighted by molar-refractivity contribution is -0.181. The van der Waals surface area contributed by atoms with Crippen LogP contribution in [0.25, 0.3) is 0 Å². The standard InChI is InChI=1S/C11H22O4/c1-6-7-8(2)9(10(12)13-3)11(14-4)15-5/h8-9,11H,6-7H2,1-5H3. The number of carbonyl (C=O) groups is 1. The van der Waals surface area contributed by atoms with Crippen molar-refractivity contribution in [1.29, 1.82) is 0 Å². The summed E-state index contributed by atoms with van der Waals surface area (Å²) in [7, 11) is 4.45. The first kappa shape index (κ1) is 14.4. The van der Waals surface area contributed by atoms with Crippen molar-refractivity contribution in [1.82, 2.24) is 0 Å². The summed E-state index contributed by atoms with van der Waals surface area (Å²) < 4.78 is 15.0. The molecule has 0 aliphatic carbocycles. The van der Waals surface area contributed by atoms with E-state index in [2.05, 4.69) is 6.92 Å². The van der Waals surface area contributed by atoms with Crippen LogP contribution in [0, 0.1) is 11.8 Å². The van der Waals surface area contributed by atoms with Gasteiger partial charge in [-0.25, -0.2) is 0 Å². The Hall–Kier alpha value is -0.610. The Morgan fingerprint density at radius 1 is 1.20 bits per heavy atom. The Morgan fingerprint density at radius 3 is 2.07 bits per heavy atom. The van der Waals surface area contributed by atoms with E-state index >= 15 is 0 Å². The SMILES string of the molecule is CCCC(C)C(C(=O)OC)C(OC)OC. The maximum absolute atomic E-state index is 11.6. The molecule has 4 nitrogen and oxygen atoms in total. The third-order valence-corrected chi connectivity index (χ3v) is 2.59. The molecule has 0 aromatic carbocycles. The van der Waals surface area contributed by atoms with Crippen molar-refractivity contribution in [2.75, 3.05) is 21.3 Å². The van der Waals surface area contributed by atoms with Gasteiger partial charge in [-0.2, -0.15) is 0 Å². The van der Waals surface area contributed by atoms with Crippen molar-refractivity contribution in [3.63, 3.8) is 0 Å². The molecule has 0 aliphatic heterocycles. The summed E-state index contributed by atoms with van der Waals surface area (Å²) in [5.74, 6) is -0.443. The second-order valence-electron chi connectivity index (χ2n) is 3.65. The van der Waals surface area contributed by atoms with Crippen LogP contribution in [0.15, 0.2) is 0 Å². The molecule has 0 aliphatic rings. The largest absolute Gasteiger partial charge is 0.469 e. The van der Waals surface area contributed by atoms with Gasteiger partial charge in [-0.15, -0.1) is 0 Å². The Morgan fingerprint density at radius 2 is 1.73 bits per heavy atom. The number of hydrogen-bond donors (Lipinski definition) is 0. The molecule has 0 N–H and O–H groups in total. The molecule has 0 bridgehead atoms. The highest BCUT2D eigenvalue weighted by Gasteiger charge is 2.34. The maximum Gasteiger partial charge on any atom is 0.314 e. The Labute approximate surface area is 91.9 Å². The smallest absolute Gasteiger partial charge is 0.314 e. The number of carbonyl (C=O) groups excluding carboxylic acids is 1. The molecule has 0 aromatic rings. The second kappa shape index (κ2) is 7.65. The molecule has 15 heavy (non-hydrogen) atoms. The van der Waals surface area contributed by atoms with E-state index in [0.29, 0.717) is 0 Å². The van der Waals surface area contributed by atoms with Gasteiger partial charge in [0, 0.05) is 14.2 Å². The number of methoxy groups -OCH3 is 3. The molecule has 0 saturated heterocycles. The van der Waals surface area contributed by atoms with E-state index < -0.39 is 6.29 Å². The van der Waals surface area contributed by atoms with Crippen molar-refractivity contribution < 1.29 is 19.0 Å². The van der Waals surface area contributed by atoms with Gasteiger partial charge in [0.1, 0.15) is 5.92 Å². The van der Waals surface area contributed by atoms with E-state index in [1.807, 2.05) is 6.92 Å². The highest BCUT2D eigenvalue weighted by molar-refractivity contribution is 5.73. The van der Waals surface area contributed by atoms with Crippen LogP contribution in [0.2, 0.25) is 0 Å².